The zero-order valence-corrected chi connectivity index (χ0v) is 25.1. The smallest absolute Gasteiger partial charge is 0.246 e. The normalized spacial score (nSPS) is 16.2. The molecule has 5 aromatic rings. The second kappa shape index (κ2) is 11.7. The second-order valence-electron chi connectivity index (χ2n) is 11.4. The summed E-state index contributed by atoms with van der Waals surface area (Å²) in [5, 5.41) is 7.65. The van der Waals surface area contributed by atoms with Crippen molar-refractivity contribution >= 4 is 39.6 Å². The van der Waals surface area contributed by atoms with Crippen LogP contribution < -0.4 is 19.7 Å². The third-order valence-corrected chi connectivity index (χ3v) is 7.97. The summed E-state index contributed by atoms with van der Waals surface area (Å²) in [5.74, 6) is 1.53. The van der Waals surface area contributed by atoms with Gasteiger partial charge in [0.1, 0.15) is 48.0 Å². The monoisotopic (exact) mass is 609 g/mol. The molecule has 1 N–H and O–H groups in total. The zero-order valence-electron chi connectivity index (χ0n) is 25.1. The molecule has 0 saturated carbocycles. The number of piperazine rings is 1. The molecule has 0 spiro atoms. The van der Waals surface area contributed by atoms with Gasteiger partial charge in [-0.25, -0.2) is 23.9 Å². The number of carbonyl (C=O) groups excluding carboxylic acids is 1. The van der Waals surface area contributed by atoms with Crippen LogP contribution in [0.1, 0.15) is 5.56 Å². The number of fused-ring (bicyclic) bond motifs is 6. The van der Waals surface area contributed by atoms with E-state index in [9.17, 15) is 4.79 Å². The standard InChI is InChI=1S/C32H32FN9O3/c1-20-13-21(6-7-25(20)45-23-8-10-42-27(14-23)35-19-37-42)38-32-29-24(34-18-36-32)15-26-31(30(29)33)40-11-12-41(22(16-40)17-44-26)28(43)5-4-9-39(2)3/h4-8,10,13-15,18-19,22H,9,11-12,16-17H2,1-3H3,(H,34,36,38)/b5-4+/t22-/m1/s1. The van der Waals surface area contributed by atoms with E-state index in [1.165, 1.54) is 12.7 Å². The number of carbonyl (C=O) groups is 1. The third kappa shape index (κ3) is 5.57. The number of rotatable bonds is 7. The first-order valence-electron chi connectivity index (χ1n) is 14.7. The number of benzene rings is 2. The van der Waals surface area contributed by atoms with Gasteiger partial charge in [0.25, 0.3) is 0 Å². The Labute approximate surface area is 258 Å². The molecule has 1 atom stereocenters. The molecule has 1 saturated heterocycles. The Hall–Kier alpha value is -5.30. The van der Waals surface area contributed by atoms with Crippen LogP contribution in [0.25, 0.3) is 16.6 Å². The van der Waals surface area contributed by atoms with Gasteiger partial charge in [0.15, 0.2) is 11.5 Å². The number of nitrogens with one attached hydrogen (secondary N) is 1. The summed E-state index contributed by atoms with van der Waals surface area (Å²) in [6.07, 6.45) is 8.13. The van der Waals surface area contributed by atoms with Crippen molar-refractivity contribution in [2.45, 2.75) is 13.0 Å². The van der Waals surface area contributed by atoms with Crippen LogP contribution in [0.4, 0.5) is 21.6 Å². The number of aromatic nitrogens is 5. The van der Waals surface area contributed by atoms with E-state index in [4.69, 9.17) is 9.47 Å². The maximum Gasteiger partial charge on any atom is 0.246 e. The maximum absolute atomic E-state index is 16.5. The number of nitrogens with zero attached hydrogens (tertiary/aromatic N) is 8. The number of halogens is 1. The molecule has 7 rings (SSSR count). The maximum atomic E-state index is 16.5. The van der Waals surface area contributed by atoms with E-state index >= 15 is 4.39 Å². The predicted octanol–water partition coefficient (Wildman–Crippen LogP) is 4.18. The number of likely N-dealkylation sites (N-methyl/N-ethyl adjacent to an activating group) is 1. The average Bonchev–Trinajstić information content (AvgIpc) is 3.44. The predicted molar refractivity (Wildman–Crippen MR) is 168 cm³/mol. The summed E-state index contributed by atoms with van der Waals surface area (Å²) in [5.41, 5.74) is 3.05. The topological polar surface area (TPSA) is 113 Å². The Morgan fingerprint density at radius 3 is 2.89 bits per heavy atom. The van der Waals surface area contributed by atoms with E-state index in [0.717, 1.165) is 5.56 Å². The minimum Gasteiger partial charge on any atom is -0.489 e. The van der Waals surface area contributed by atoms with Gasteiger partial charge in [0, 0.05) is 56.3 Å². The van der Waals surface area contributed by atoms with E-state index in [-0.39, 0.29) is 23.9 Å². The lowest BCUT2D eigenvalue weighted by molar-refractivity contribution is -0.129. The van der Waals surface area contributed by atoms with Gasteiger partial charge in [-0.15, -0.1) is 0 Å². The molecule has 2 bridgehead atoms. The van der Waals surface area contributed by atoms with Crippen molar-refractivity contribution in [3.8, 4) is 17.2 Å². The highest BCUT2D eigenvalue weighted by atomic mass is 19.1. The van der Waals surface area contributed by atoms with Crippen molar-refractivity contribution in [2.24, 2.45) is 0 Å². The molecule has 1 fully saturated rings. The molecule has 230 valence electrons. The highest BCUT2D eigenvalue weighted by Gasteiger charge is 2.36. The lowest BCUT2D eigenvalue weighted by Gasteiger charge is -2.39. The number of pyridine rings is 1. The summed E-state index contributed by atoms with van der Waals surface area (Å²) in [6.45, 7) is 4.27. The lowest BCUT2D eigenvalue weighted by atomic mass is 10.1. The first kappa shape index (κ1) is 28.5. The molecule has 0 unspecified atom stereocenters. The van der Waals surface area contributed by atoms with Crippen molar-refractivity contribution in [3.63, 3.8) is 0 Å². The first-order chi connectivity index (χ1) is 21.8. The summed E-state index contributed by atoms with van der Waals surface area (Å²) >= 11 is 0. The second-order valence-corrected chi connectivity index (χ2v) is 11.4. The van der Waals surface area contributed by atoms with E-state index in [1.54, 1.807) is 22.9 Å². The average molecular weight is 610 g/mol. The van der Waals surface area contributed by atoms with Crippen molar-refractivity contribution in [2.75, 3.05) is 57.1 Å². The number of hydrogen-bond acceptors (Lipinski definition) is 10. The molecule has 2 aromatic carbocycles. The number of anilines is 3. The Kier molecular flexibility index (Phi) is 7.37. The van der Waals surface area contributed by atoms with Gasteiger partial charge in [-0.3, -0.25) is 4.79 Å². The van der Waals surface area contributed by atoms with Crippen LogP contribution >= 0.6 is 0 Å². The van der Waals surface area contributed by atoms with Crippen LogP contribution in [0.5, 0.6) is 17.2 Å². The van der Waals surface area contributed by atoms with E-state index < -0.39 is 5.82 Å². The zero-order chi connectivity index (χ0) is 31.1. The minimum absolute atomic E-state index is 0.0675. The van der Waals surface area contributed by atoms with Gasteiger partial charge >= 0.3 is 0 Å². The lowest BCUT2D eigenvalue weighted by Crippen LogP contribution is -2.56. The van der Waals surface area contributed by atoms with Crippen LogP contribution in [-0.4, -0.2) is 93.2 Å². The summed E-state index contributed by atoms with van der Waals surface area (Å²) < 4.78 is 30.4. The SMILES string of the molecule is Cc1cc(Nc2ncnc3cc4c(c(F)c23)N2CCN(C(=O)/C=C/CN(C)C)[C@@H](CO4)C2)ccc1Oc1ccn2ncnc2c1. The third-order valence-electron chi connectivity index (χ3n) is 7.97. The van der Waals surface area contributed by atoms with Gasteiger partial charge in [0.2, 0.25) is 5.91 Å². The molecule has 1 amide bonds. The number of amides is 1. The molecule has 0 radical (unpaired) electrons. The molecule has 45 heavy (non-hydrogen) atoms. The number of aryl methyl sites for hydroxylation is 1. The van der Waals surface area contributed by atoms with E-state index in [0.29, 0.717) is 71.8 Å². The Morgan fingerprint density at radius 2 is 2.04 bits per heavy atom. The molecule has 13 heteroatoms. The van der Waals surface area contributed by atoms with Crippen LogP contribution in [0.2, 0.25) is 0 Å². The highest BCUT2D eigenvalue weighted by Crippen LogP contribution is 2.42. The summed E-state index contributed by atoms with van der Waals surface area (Å²) in [6, 6.07) is 10.8. The number of ether oxygens (including phenoxy) is 2. The Balaban J connectivity index is 1.13. The van der Waals surface area contributed by atoms with Crippen molar-refractivity contribution in [1.82, 2.24) is 34.4 Å². The summed E-state index contributed by atoms with van der Waals surface area (Å²) in [4.78, 5) is 31.7. The molecule has 3 aromatic heterocycles. The van der Waals surface area contributed by atoms with Gasteiger partial charge in [-0.1, -0.05) is 6.08 Å². The Morgan fingerprint density at radius 1 is 1.16 bits per heavy atom. The molecule has 12 nitrogen and oxygen atoms in total. The van der Waals surface area contributed by atoms with Crippen LogP contribution in [0.3, 0.4) is 0 Å². The van der Waals surface area contributed by atoms with Crippen LogP contribution in [-0.2, 0) is 4.79 Å². The van der Waals surface area contributed by atoms with Crippen molar-refractivity contribution in [3.05, 3.63) is 78.8 Å². The van der Waals surface area contributed by atoms with Crippen molar-refractivity contribution in [1.29, 1.82) is 0 Å². The van der Waals surface area contributed by atoms with Gasteiger partial charge in [0.05, 0.1) is 16.9 Å². The Bertz CT molecular complexity index is 1940. The van der Waals surface area contributed by atoms with Crippen molar-refractivity contribution < 1.29 is 18.7 Å². The molecular weight excluding hydrogens is 577 g/mol. The fourth-order valence-corrected chi connectivity index (χ4v) is 5.75. The first-order valence-corrected chi connectivity index (χ1v) is 14.7. The molecular formula is C32H32FN9O3. The molecule has 2 aliphatic rings. The van der Waals surface area contributed by atoms with E-state index in [2.05, 4.69) is 25.4 Å². The number of hydrogen-bond donors (Lipinski definition) is 1. The largest absolute Gasteiger partial charge is 0.489 e. The molecule has 2 aliphatic heterocycles. The van der Waals surface area contributed by atoms with Gasteiger partial charge < -0.3 is 29.5 Å². The molecule has 5 heterocycles. The highest BCUT2D eigenvalue weighted by molar-refractivity contribution is 5.96. The van der Waals surface area contributed by atoms with Crippen LogP contribution in [0, 0.1) is 12.7 Å². The summed E-state index contributed by atoms with van der Waals surface area (Å²) in [7, 11) is 3.90. The fraction of sp³-hybridized carbons (Fsp3) is 0.281. The van der Waals surface area contributed by atoms with Gasteiger partial charge in [-0.2, -0.15) is 5.10 Å². The minimum atomic E-state index is -0.461. The molecule has 0 aliphatic carbocycles. The van der Waals surface area contributed by atoms with Gasteiger partial charge in [-0.05, 0) is 50.8 Å². The van der Waals surface area contributed by atoms with E-state index in [1.807, 2.05) is 72.1 Å². The fourth-order valence-electron chi connectivity index (χ4n) is 5.75. The quantitative estimate of drug-likeness (QED) is 0.270. The van der Waals surface area contributed by atoms with Crippen LogP contribution in [0.15, 0.2) is 67.4 Å².